The molecule has 0 spiro atoms. The number of aryl methyl sites for hydroxylation is 2. The van der Waals surface area contributed by atoms with Crippen molar-refractivity contribution in [3.05, 3.63) is 70.6 Å². The van der Waals surface area contributed by atoms with Crippen molar-refractivity contribution >= 4 is 28.5 Å². The number of amides is 1. The monoisotopic (exact) mass is 658 g/mol. The molecule has 1 amide bonds. The van der Waals surface area contributed by atoms with Gasteiger partial charge < -0.3 is 40.2 Å². The molecule has 2 aromatic rings. The van der Waals surface area contributed by atoms with E-state index in [0.717, 1.165) is 68.7 Å². The van der Waals surface area contributed by atoms with Gasteiger partial charge in [0.05, 0.1) is 32.5 Å². The summed E-state index contributed by atoms with van der Waals surface area (Å²) in [5.74, 6) is -2.40. The Morgan fingerprint density at radius 1 is 0.957 bits per heavy atom. The first-order valence-corrected chi connectivity index (χ1v) is 15.3. The van der Waals surface area contributed by atoms with Crippen molar-refractivity contribution in [1.29, 1.82) is 0 Å². The van der Waals surface area contributed by atoms with Gasteiger partial charge in [0.1, 0.15) is 23.9 Å². The highest BCUT2D eigenvalue weighted by Gasteiger charge is 2.29. The van der Waals surface area contributed by atoms with Crippen LogP contribution in [0.25, 0.3) is 33.4 Å². The second kappa shape index (κ2) is 17.5. The fraction of sp³-hybridized carbons (Fsp3) is 0.382. The predicted octanol–water partition coefficient (Wildman–Crippen LogP) is 2.27. The van der Waals surface area contributed by atoms with Crippen molar-refractivity contribution in [3.8, 4) is 22.5 Å². The van der Waals surface area contributed by atoms with Gasteiger partial charge in [0.15, 0.2) is 0 Å². The number of nitrogens with one attached hydrogen (secondary N) is 3. The summed E-state index contributed by atoms with van der Waals surface area (Å²) in [6, 6.07) is 16.1. The third kappa shape index (κ3) is 10.0. The number of alkyl halides is 3. The number of carbonyl (C=O) groups is 2. The molecule has 5 N–H and O–H groups in total. The first-order chi connectivity index (χ1) is 22.4. The van der Waals surface area contributed by atoms with E-state index >= 15 is 0 Å². The van der Waals surface area contributed by atoms with Crippen molar-refractivity contribution in [2.24, 2.45) is 5.73 Å². The number of aliphatic carboxylic acids is 1. The third-order valence-electron chi connectivity index (χ3n) is 6.98. The van der Waals surface area contributed by atoms with Gasteiger partial charge in [0.25, 0.3) is 5.91 Å². The lowest BCUT2D eigenvalue weighted by atomic mass is 9.89. The third-order valence-corrected chi connectivity index (χ3v) is 6.98. The molecule has 2 aliphatic rings. The quantitative estimate of drug-likeness (QED) is 0.126. The molecule has 0 atom stereocenters. The predicted molar refractivity (Wildman–Crippen MR) is 171 cm³/mol. The Kier molecular flexibility index (Phi) is 13.7. The van der Waals surface area contributed by atoms with Gasteiger partial charge in [0, 0.05) is 59.0 Å². The molecule has 13 heteroatoms. The molecule has 10 nitrogen and oxygen atoms in total. The summed E-state index contributed by atoms with van der Waals surface area (Å²) >= 11 is 0. The molecule has 0 unspecified atom stereocenters. The van der Waals surface area contributed by atoms with Gasteiger partial charge >= 0.3 is 6.18 Å². The Hall–Kier alpha value is -4.46. The summed E-state index contributed by atoms with van der Waals surface area (Å²) in [4.78, 5) is 25.7. The van der Waals surface area contributed by atoms with Crippen LogP contribution in [0.1, 0.15) is 35.3 Å². The number of nitrogens with two attached hydrogens (primary N) is 1. The fourth-order valence-corrected chi connectivity index (χ4v) is 4.89. The zero-order valence-electron chi connectivity index (χ0n) is 26.9. The van der Waals surface area contributed by atoms with Crippen molar-refractivity contribution in [2.75, 3.05) is 57.9 Å². The maximum absolute atomic E-state index is 13.4. The van der Waals surface area contributed by atoms with Crippen molar-refractivity contribution in [1.82, 2.24) is 5.32 Å². The van der Waals surface area contributed by atoms with Crippen LogP contribution in [0.15, 0.2) is 52.9 Å². The average Bonchev–Trinajstić information content (AvgIpc) is 3.02. The van der Waals surface area contributed by atoms with E-state index in [0.29, 0.717) is 45.1 Å². The van der Waals surface area contributed by atoms with Crippen molar-refractivity contribution in [3.63, 3.8) is 0 Å². The van der Waals surface area contributed by atoms with E-state index in [-0.39, 0.29) is 5.91 Å². The van der Waals surface area contributed by atoms with Crippen LogP contribution in [0.5, 0.6) is 0 Å². The van der Waals surface area contributed by atoms with Crippen LogP contribution in [0.2, 0.25) is 0 Å². The molecule has 1 heterocycles. The molecule has 0 saturated carbocycles. The van der Waals surface area contributed by atoms with Gasteiger partial charge in [-0.05, 0) is 57.0 Å². The van der Waals surface area contributed by atoms with Crippen LogP contribution in [0, 0.1) is 13.8 Å². The molecule has 1 aliphatic carbocycles. The highest BCUT2D eigenvalue weighted by molar-refractivity contribution is 6.09. The van der Waals surface area contributed by atoms with Crippen molar-refractivity contribution < 1.29 is 46.8 Å². The topological polar surface area (TPSA) is 153 Å². The van der Waals surface area contributed by atoms with E-state index in [1.165, 1.54) is 0 Å². The number of ether oxygens (including phenoxy) is 2. The number of hydrogen-bond donors (Lipinski definition) is 4. The highest BCUT2D eigenvalue weighted by Crippen LogP contribution is 2.42. The Bertz CT molecular complexity index is 1700. The second-order valence-electron chi connectivity index (χ2n) is 10.5. The number of rotatable bonds is 13. The molecule has 254 valence electrons. The molecule has 47 heavy (non-hydrogen) atoms. The lowest BCUT2D eigenvalue weighted by Crippen LogP contribution is -2.76. The van der Waals surface area contributed by atoms with Gasteiger partial charge in [0.2, 0.25) is 5.36 Å². The first kappa shape index (κ1) is 37.0. The number of carboxylic acids is 1. The molecule has 4 rings (SSSR count). The molecule has 0 fully saturated rings. The lowest BCUT2D eigenvalue weighted by molar-refractivity contribution is -0.496. The molecule has 1 aliphatic heterocycles. The van der Waals surface area contributed by atoms with Crippen molar-refractivity contribution in [2.45, 2.75) is 33.9 Å². The van der Waals surface area contributed by atoms with Crippen LogP contribution in [0.3, 0.4) is 0 Å². The van der Waals surface area contributed by atoms with Crippen LogP contribution < -0.4 is 31.8 Å². The standard InChI is InChI=1S/C32H40N4O4.C2HF3O2/c1-5-34-27-19-29-25(17-21(27)3)31(26-18-22(4)28(35-6-2)20-30(26)40-29)23-9-7-8-10-24(23)32(37)36-12-14-39-16-15-38-13-11-33;3-2(4,5)1(6)7/h7-10,17-20,34H,5-6,11-16,33H2,1-4H3,(H,36,37);(H,6,7). The number of halogens is 3. The van der Waals surface area contributed by atoms with Gasteiger partial charge in [-0.3, -0.25) is 4.79 Å². The maximum atomic E-state index is 13.4. The minimum absolute atomic E-state index is 0.150. The molecular formula is C34H41F3N4O6. The first-order valence-electron chi connectivity index (χ1n) is 15.3. The lowest BCUT2D eigenvalue weighted by Gasteiger charge is -2.19. The fourth-order valence-electron chi connectivity index (χ4n) is 4.89. The average molecular weight is 659 g/mol. The second-order valence-corrected chi connectivity index (χ2v) is 10.5. The van der Waals surface area contributed by atoms with Crippen LogP contribution in [0.4, 0.5) is 18.9 Å². The van der Waals surface area contributed by atoms with E-state index in [2.05, 4.69) is 67.6 Å². The molecule has 2 aromatic carbocycles. The van der Waals surface area contributed by atoms with E-state index in [1.54, 1.807) is 0 Å². The normalized spacial score (nSPS) is 11.8. The Balaban J connectivity index is 0.000000771. The number of hydrogen-bond acceptors (Lipinski definition) is 8. The summed E-state index contributed by atoms with van der Waals surface area (Å²) < 4.78 is 49.0. The Labute approximate surface area is 271 Å². The van der Waals surface area contributed by atoms with E-state index < -0.39 is 12.1 Å². The summed E-state index contributed by atoms with van der Waals surface area (Å²) in [6.45, 7) is 12.7. The van der Waals surface area contributed by atoms with E-state index in [1.807, 2.05) is 24.3 Å². The molecular weight excluding hydrogens is 617 g/mol. The summed E-state index contributed by atoms with van der Waals surface area (Å²) in [5.41, 5.74) is 12.8. The molecule has 0 radical (unpaired) electrons. The number of anilines is 1. The van der Waals surface area contributed by atoms with Gasteiger partial charge in [-0.2, -0.15) is 13.2 Å². The van der Waals surface area contributed by atoms with Gasteiger partial charge in [-0.25, -0.2) is 4.99 Å². The smallest absolute Gasteiger partial charge is 0.430 e. The van der Waals surface area contributed by atoms with Crippen LogP contribution >= 0.6 is 0 Å². The minimum Gasteiger partial charge on any atom is -0.542 e. The number of carboxylic acid groups (broad SMARTS) is 1. The number of benzene rings is 3. The summed E-state index contributed by atoms with van der Waals surface area (Å²) in [7, 11) is 0. The summed E-state index contributed by atoms with van der Waals surface area (Å²) in [6.07, 6.45) is -5.19. The maximum Gasteiger partial charge on any atom is 0.430 e. The Morgan fingerprint density at radius 3 is 2.28 bits per heavy atom. The van der Waals surface area contributed by atoms with Crippen LogP contribution in [-0.4, -0.2) is 70.7 Å². The zero-order valence-corrected chi connectivity index (χ0v) is 26.9. The van der Waals surface area contributed by atoms with Crippen LogP contribution in [-0.2, 0) is 14.3 Å². The highest BCUT2D eigenvalue weighted by atomic mass is 19.4. The van der Waals surface area contributed by atoms with E-state index in [9.17, 15) is 18.0 Å². The largest absolute Gasteiger partial charge is 0.542 e. The van der Waals surface area contributed by atoms with Gasteiger partial charge in [-0.15, -0.1) is 0 Å². The van der Waals surface area contributed by atoms with E-state index in [4.69, 9.17) is 29.5 Å². The summed E-state index contributed by atoms with van der Waals surface area (Å²) in [5, 5.41) is 17.2. The molecule has 0 aromatic heterocycles. The number of carbonyl (C=O) groups excluding carboxylic acids is 2. The minimum atomic E-state index is -5.19. The molecule has 0 saturated heterocycles. The number of fused-ring (bicyclic) bond motifs is 2. The molecule has 0 bridgehead atoms. The van der Waals surface area contributed by atoms with Gasteiger partial charge in [-0.1, -0.05) is 18.2 Å². The zero-order chi connectivity index (χ0) is 34.6. The Morgan fingerprint density at radius 2 is 1.64 bits per heavy atom. The SMILES string of the molecule is CCNc1cc2oc3cc(=[NH+]CC)c(C)cc-3c(-c3ccccc3C(=O)NCCOCCOCCN)c2cc1C.O=C([O-])C(F)(F)F.